The van der Waals surface area contributed by atoms with Gasteiger partial charge in [-0.15, -0.1) is 0 Å². The van der Waals surface area contributed by atoms with Crippen LogP contribution in [-0.2, 0) is 20.7 Å². The normalized spacial score (nSPS) is 23.7. The fraction of sp³-hybridized carbons (Fsp3) is 0.500. The fourth-order valence-corrected chi connectivity index (χ4v) is 3.15. The molecule has 2 heterocycles. The molecule has 3 rings (SSSR count). The number of imide groups is 1. The number of benzene rings is 1. The van der Waals surface area contributed by atoms with Gasteiger partial charge in [0, 0.05) is 13.1 Å². The standard InChI is InChI=1S/C18H23N3O4/c1-18(8-7-14-5-3-2-4-6-14)16(23)21(17(24)19-18)13-15(22)20-9-11-25-12-10-20/h2-6H,7-13H2,1H3,(H,19,24)/t18-/m1/s1. The first-order valence-electron chi connectivity index (χ1n) is 8.53. The van der Waals surface area contributed by atoms with Crippen molar-refractivity contribution in [2.24, 2.45) is 0 Å². The maximum absolute atomic E-state index is 12.7. The Morgan fingerprint density at radius 1 is 1.20 bits per heavy atom. The zero-order chi connectivity index (χ0) is 17.9. The molecule has 1 atom stereocenters. The highest BCUT2D eigenvalue weighted by molar-refractivity contribution is 6.08. The lowest BCUT2D eigenvalue weighted by Crippen LogP contribution is -2.48. The molecule has 134 valence electrons. The van der Waals surface area contributed by atoms with Gasteiger partial charge in [-0.2, -0.15) is 0 Å². The average Bonchev–Trinajstić information content (AvgIpc) is 2.85. The minimum absolute atomic E-state index is 0.217. The first-order valence-corrected chi connectivity index (χ1v) is 8.53. The van der Waals surface area contributed by atoms with Gasteiger partial charge in [0.05, 0.1) is 13.2 Å². The van der Waals surface area contributed by atoms with Crippen molar-refractivity contribution < 1.29 is 19.1 Å². The first kappa shape index (κ1) is 17.4. The van der Waals surface area contributed by atoms with Crippen LogP contribution in [0.5, 0.6) is 0 Å². The smallest absolute Gasteiger partial charge is 0.325 e. The Kier molecular flexibility index (Phi) is 5.03. The summed E-state index contributed by atoms with van der Waals surface area (Å²) < 4.78 is 5.22. The van der Waals surface area contributed by atoms with Crippen LogP contribution >= 0.6 is 0 Å². The number of hydrogen-bond acceptors (Lipinski definition) is 4. The molecule has 0 bridgehead atoms. The van der Waals surface area contributed by atoms with Crippen LogP contribution in [0, 0.1) is 0 Å². The number of rotatable bonds is 5. The topological polar surface area (TPSA) is 79.0 Å². The molecule has 1 N–H and O–H groups in total. The van der Waals surface area contributed by atoms with Gasteiger partial charge in [-0.3, -0.25) is 14.5 Å². The van der Waals surface area contributed by atoms with Gasteiger partial charge in [-0.25, -0.2) is 4.79 Å². The molecule has 7 nitrogen and oxygen atoms in total. The lowest BCUT2D eigenvalue weighted by Gasteiger charge is -2.28. The zero-order valence-corrected chi connectivity index (χ0v) is 14.4. The van der Waals surface area contributed by atoms with Gasteiger partial charge in [0.25, 0.3) is 5.91 Å². The monoisotopic (exact) mass is 345 g/mol. The van der Waals surface area contributed by atoms with E-state index in [-0.39, 0.29) is 18.4 Å². The quantitative estimate of drug-likeness (QED) is 0.800. The Balaban J connectivity index is 1.61. The van der Waals surface area contributed by atoms with Crippen LogP contribution in [0.25, 0.3) is 0 Å². The second kappa shape index (κ2) is 7.23. The van der Waals surface area contributed by atoms with Crippen molar-refractivity contribution in [1.82, 2.24) is 15.1 Å². The van der Waals surface area contributed by atoms with Crippen molar-refractivity contribution in [2.75, 3.05) is 32.8 Å². The molecular weight excluding hydrogens is 322 g/mol. The lowest BCUT2D eigenvalue weighted by atomic mass is 9.93. The Hall–Kier alpha value is -2.41. The molecule has 2 aliphatic rings. The van der Waals surface area contributed by atoms with Gasteiger partial charge in [-0.1, -0.05) is 30.3 Å². The summed E-state index contributed by atoms with van der Waals surface area (Å²) in [7, 11) is 0. The van der Waals surface area contributed by atoms with Crippen LogP contribution in [0.1, 0.15) is 18.9 Å². The lowest BCUT2D eigenvalue weighted by molar-refractivity contribution is -0.141. The van der Waals surface area contributed by atoms with E-state index < -0.39 is 11.6 Å². The van der Waals surface area contributed by atoms with Crippen LogP contribution in [0.4, 0.5) is 4.79 Å². The van der Waals surface area contributed by atoms with Crippen molar-refractivity contribution in [2.45, 2.75) is 25.3 Å². The molecule has 1 aromatic rings. The Morgan fingerprint density at radius 2 is 1.88 bits per heavy atom. The van der Waals surface area contributed by atoms with E-state index in [1.165, 1.54) is 0 Å². The van der Waals surface area contributed by atoms with E-state index in [2.05, 4.69) is 5.32 Å². The second-order valence-corrected chi connectivity index (χ2v) is 6.63. The van der Waals surface area contributed by atoms with E-state index in [0.29, 0.717) is 39.1 Å². The van der Waals surface area contributed by atoms with Gasteiger partial charge in [0.2, 0.25) is 5.91 Å². The summed E-state index contributed by atoms with van der Waals surface area (Å²) >= 11 is 0. The molecule has 0 saturated carbocycles. The van der Waals surface area contributed by atoms with Crippen LogP contribution in [0.15, 0.2) is 30.3 Å². The summed E-state index contributed by atoms with van der Waals surface area (Å²) in [4.78, 5) is 39.9. The SMILES string of the molecule is C[C@]1(CCc2ccccc2)NC(=O)N(CC(=O)N2CCOCC2)C1=O. The van der Waals surface area contributed by atoms with E-state index in [0.717, 1.165) is 10.5 Å². The number of urea groups is 1. The molecule has 2 aliphatic heterocycles. The van der Waals surface area contributed by atoms with E-state index in [4.69, 9.17) is 4.74 Å². The first-order chi connectivity index (χ1) is 12.0. The zero-order valence-electron chi connectivity index (χ0n) is 14.4. The fourth-order valence-electron chi connectivity index (χ4n) is 3.15. The van der Waals surface area contributed by atoms with Crippen molar-refractivity contribution in [1.29, 1.82) is 0 Å². The maximum atomic E-state index is 12.7. The predicted molar refractivity (Wildman–Crippen MR) is 90.8 cm³/mol. The molecule has 2 saturated heterocycles. The number of morpholine rings is 1. The summed E-state index contributed by atoms with van der Waals surface area (Å²) in [6.07, 6.45) is 1.17. The minimum atomic E-state index is -0.974. The van der Waals surface area contributed by atoms with Crippen LogP contribution < -0.4 is 5.32 Å². The van der Waals surface area contributed by atoms with Crippen LogP contribution in [-0.4, -0.2) is 66.0 Å². The molecule has 0 aliphatic carbocycles. The molecule has 0 aromatic heterocycles. The van der Waals surface area contributed by atoms with Gasteiger partial charge in [-0.05, 0) is 25.3 Å². The molecule has 0 spiro atoms. The highest BCUT2D eigenvalue weighted by Crippen LogP contribution is 2.23. The average molecular weight is 345 g/mol. The minimum Gasteiger partial charge on any atom is -0.378 e. The molecule has 25 heavy (non-hydrogen) atoms. The summed E-state index contributed by atoms with van der Waals surface area (Å²) in [5.41, 5.74) is 0.131. The van der Waals surface area contributed by atoms with Crippen molar-refractivity contribution in [3.8, 4) is 0 Å². The second-order valence-electron chi connectivity index (χ2n) is 6.63. The van der Waals surface area contributed by atoms with Gasteiger partial charge < -0.3 is 15.0 Å². The van der Waals surface area contributed by atoms with Crippen molar-refractivity contribution in [3.05, 3.63) is 35.9 Å². The number of nitrogens with one attached hydrogen (secondary N) is 1. The predicted octanol–water partition coefficient (Wildman–Crippen LogP) is 0.788. The van der Waals surface area contributed by atoms with E-state index in [1.54, 1.807) is 11.8 Å². The van der Waals surface area contributed by atoms with Crippen LogP contribution in [0.2, 0.25) is 0 Å². The number of hydrogen-bond donors (Lipinski definition) is 1. The van der Waals surface area contributed by atoms with Crippen molar-refractivity contribution >= 4 is 17.8 Å². The van der Waals surface area contributed by atoms with Gasteiger partial charge in [0.1, 0.15) is 12.1 Å². The summed E-state index contributed by atoms with van der Waals surface area (Å²) in [5, 5.41) is 2.75. The third-order valence-corrected chi connectivity index (χ3v) is 4.76. The van der Waals surface area contributed by atoms with Gasteiger partial charge in [0.15, 0.2) is 0 Å². The number of nitrogens with zero attached hydrogens (tertiary/aromatic N) is 2. The third-order valence-electron chi connectivity index (χ3n) is 4.76. The van der Waals surface area contributed by atoms with E-state index in [9.17, 15) is 14.4 Å². The number of amides is 4. The Morgan fingerprint density at radius 3 is 2.56 bits per heavy atom. The molecule has 0 radical (unpaired) electrons. The van der Waals surface area contributed by atoms with E-state index >= 15 is 0 Å². The molecule has 7 heteroatoms. The molecule has 0 unspecified atom stereocenters. The molecular formula is C18H23N3O4. The van der Waals surface area contributed by atoms with Gasteiger partial charge >= 0.3 is 6.03 Å². The summed E-state index contributed by atoms with van der Waals surface area (Å²) in [6.45, 7) is 3.46. The van der Waals surface area contributed by atoms with Crippen LogP contribution in [0.3, 0.4) is 0 Å². The van der Waals surface area contributed by atoms with Crippen molar-refractivity contribution in [3.63, 3.8) is 0 Å². The Bertz CT molecular complexity index is 658. The largest absolute Gasteiger partial charge is 0.378 e. The maximum Gasteiger partial charge on any atom is 0.325 e. The molecule has 4 amide bonds. The summed E-state index contributed by atoms with van der Waals surface area (Å²) in [5.74, 6) is -0.561. The Labute approximate surface area is 146 Å². The molecule has 1 aromatic carbocycles. The number of carbonyl (C=O) groups excluding carboxylic acids is 3. The third kappa shape index (κ3) is 3.82. The van der Waals surface area contributed by atoms with E-state index in [1.807, 2.05) is 30.3 Å². The number of ether oxygens (including phenoxy) is 1. The highest BCUT2D eigenvalue weighted by Gasteiger charge is 2.48. The summed E-state index contributed by atoms with van der Waals surface area (Å²) in [6, 6.07) is 9.31. The number of carbonyl (C=O) groups is 3. The molecule has 2 fully saturated rings. The highest BCUT2D eigenvalue weighted by atomic mass is 16.5. The number of aryl methyl sites for hydroxylation is 1.